The van der Waals surface area contributed by atoms with Gasteiger partial charge >= 0.3 is 0 Å². The van der Waals surface area contributed by atoms with E-state index >= 15 is 0 Å². The van der Waals surface area contributed by atoms with Crippen molar-refractivity contribution in [1.29, 1.82) is 0 Å². The monoisotopic (exact) mass is 367 g/mol. The molecule has 0 bridgehead atoms. The zero-order chi connectivity index (χ0) is 18.1. The molecule has 0 saturated carbocycles. The SMILES string of the molecule is O=C1CC[C@@H]2[C@@H](O)c3cc4c(cc3[C@@H](c3ccc5c(c3)OCO5)N12)OCO4. The van der Waals surface area contributed by atoms with Crippen LogP contribution in [0.25, 0.3) is 0 Å². The highest BCUT2D eigenvalue weighted by atomic mass is 16.7. The van der Waals surface area contributed by atoms with Gasteiger partial charge in [0.2, 0.25) is 19.5 Å². The number of hydrogen-bond donors (Lipinski definition) is 1. The maximum absolute atomic E-state index is 12.7. The average molecular weight is 367 g/mol. The summed E-state index contributed by atoms with van der Waals surface area (Å²) in [5, 5.41) is 11.0. The Morgan fingerprint density at radius 2 is 1.56 bits per heavy atom. The molecule has 0 radical (unpaired) electrons. The lowest BCUT2D eigenvalue weighted by Crippen LogP contribution is -2.44. The summed E-state index contributed by atoms with van der Waals surface area (Å²) >= 11 is 0. The number of aliphatic hydroxyl groups is 1. The molecule has 0 spiro atoms. The van der Waals surface area contributed by atoms with E-state index in [1.165, 1.54) is 0 Å². The van der Waals surface area contributed by atoms with Crippen LogP contribution in [-0.2, 0) is 4.79 Å². The number of ether oxygens (including phenoxy) is 4. The van der Waals surface area contributed by atoms with Gasteiger partial charge in [0.25, 0.3) is 0 Å². The van der Waals surface area contributed by atoms with Gasteiger partial charge in [-0.3, -0.25) is 4.79 Å². The Balaban J connectivity index is 1.56. The molecule has 0 aliphatic carbocycles. The second-order valence-corrected chi connectivity index (χ2v) is 7.20. The van der Waals surface area contributed by atoms with Gasteiger partial charge in [-0.15, -0.1) is 0 Å². The molecule has 2 aromatic rings. The lowest BCUT2D eigenvalue weighted by atomic mass is 9.83. The smallest absolute Gasteiger partial charge is 0.231 e. The van der Waals surface area contributed by atoms with Crippen LogP contribution < -0.4 is 18.9 Å². The van der Waals surface area contributed by atoms with E-state index in [0.29, 0.717) is 35.8 Å². The van der Waals surface area contributed by atoms with E-state index in [-0.39, 0.29) is 31.6 Å². The number of hydrogen-bond acceptors (Lipinski definition) is 6. The van der Waals surface area contributed by atoms with Crippen LogP contribution in [0.3, 0.4) is 0 Å². The molecule has 2 aromatic carbocycles. The minimum absolute atomic E-state index is 0.0463. The van der Waals surface area contributed by atoms with Gasteiger partial charge < -0.3 is 29.0 Å². The molecule has 4 aliphatic rings. The summed E-state index contributed by atoms with van der Waals surface area (Å²) in [5.41, 5.74) is 2.57. The molecule has 4 aliphatic heterocycles. The standard InChI is InChI=1S/C20H17NO6/c22-18-4-2-13-20(23)12-7-17-16(26-9-27-17)6-11(12)19(21(13)18)10-1-3-14-15(5-10)25-8-24-14/h1,3,5-7,13,19-20,23H,2,4,8-9H2/t13-,19-,20+/m1/s1. The molecule has 0 unspecified atom stereocenters. The van der Waals surface area contributed by atoms with Crippen LogP contribution in [0.1, 0.15) is 41.7 Å². The van der Waals surface area contributed by atoms with E-state index in [1.807, 2.05) is 35.2 Å². The van der Waals surface area contributed by atoms with Crippen molar-refractivity contribution in [2.24, 2.45) is 0 Å². The van der Waals surface area contributed by atoms with E-state index in [0.717, 1.165) is 16.7 Å². The molecule has 1 saturated heterocycles. The maximum atomic E-state index is 12.7. The van der Waals surface area contributed by atoms with Crippen molar-refractivity contribution in [3.63, 3.8) is 0 Å². The fourth-order valence-corrected chi connectivity index (χ4v) is 4.62. The van der Waals surface area contributed by atoms with Crippen molar-refractivity contribution in [1.82, 2.24) is 4.90 Å². The van der Waals surface area contributed by atoms with Gasteiger partial charge in [0.15, 0.2) is 23.0 Å². The Labute approximate surface area is 155 Å². The Morgan fingerprint density at radius 3 is 2.33 bits per heavy atom. The second-order valence-electron chi connectivity index (χ2n) is 7.20. The number of rotatable bonds is 1. The number of carbonyl (C=O) groups is 1. The molecule has 4 heterocycles. The number of amides is 1. The second kappa shape index (κ2) is 5.29. The Hall–Kier alpha value is -2.93. The third-order valence-corrected chi connectivity index (χ3v) is 5.85. The lowest BCUT2D eigenvalue weighted by molar-refractivity contribution is -0.133. The lowest BCUT2D eigenvalue weighted by Gasteiger charge is -2.42. The number of aliphatic hydroxyl groups excluding tert-OH is 1. The van der Waals surface area contributed by atoms with E-state index in [2.05, 4.69) is 0 Å². The summed E-state index contributed by atoms with van der Waals surface area (Å²) in [4.78, 5) is 14.5. The molecule has 7 nitrogen and oxygen atoms in total. The Morgan fingerprint density at radius 1 is 0.889 bits per heavy atom. The van der Waals surface area contributed by atoms with Crippen molar-refractivity contribution in [2.45, 2.75) is 31.0 Å². The third kappa shape index (κ3) is 2.03. The first-order valence-corrected chi connectivity index (χ1v) is 9.03. The molecular weight excluding hydrogens is 350 g/mol. The van der Waals surface area contributed by atoms with Gasteiger partial charge in [0, 0.05) is 6.42 Å². The highest BCUT2D eigenvalue weighted by Crippen LogP contribution is 2.51. The molecule has 138 valence electrons. The largest absolute Gasteiger partial charge is 0.454 e. The topological polar surface area (TPSA) is 77.5 Å². The summed E-state index contributed by atoms with van der Waals surface area (Å²) in [5.74, 6) is 2.69. The van der Waals surface area contributed by atoms with E-state index in [4.69, 9.17) is 18.9 Å². The molecule has 7 heteroatoms. The van der Waals surface area contributed by atoms with Crippen molar-refractivity contribution in [3.8, 4) is 23.0 Å². The van der Waals surface area contributed by atoms with Crippen LogP contribution >= 0.6 is 0 Å². The summed E-state index contributed by atoms with van der Waals surface area (Å²) < 4.78 is 22.0. The molecular formula is C20H17NO6. The van der Waals surface area contributed by atoms with Crippen LogP contribution in [0.2, 0.25) is 0 Å². The van der Waals surface area contributed by atoms with Crippen LogP contribution in [0.4, 0.5) is 0 Å². The molecule has 3 atom stereocenters. The van der Waals surface area contributed by atoms with Gasteiger partial charge in [0.05, 0.1) is 18.2 Å². The maximum Gasteiger partial charge on any atom is 0.231 e. The highest BCUT2D eigenvalue weighted by Gasteiger charge is 2.47. The molecule has 6 rings (SSSR count). The summed E-state index contributed by atoms with van der Waals surface area (Å²) in [7, 11) is 0. The zero-order valence-electron chi connectivity index (χ0n) is 14.4. The zero-order valence-corrected chi connectivity index (χ0v) is 14.4. The van der Waals surface area contributed by atoms with Crippen molar-refractivity contribution < 1.29 is 28.8 Å². The van der Waals surface area contributed by atoms with Gasteiger partial charge in [-0.2, -0.15) is 0 Å². The van der Waals surface area contributed by atoms with E-state index in [1.54, 1.807) is 0 Å². The fourth-order valence-electron chi connectivity index (χ4n) is 4.62. The Bertz CT molecular complexity index is 973. The molecule has 1 fully saturated rings. The Kier molecular flexibility index (Phi) is 2.97. The number of carbonyl (C=O) groups excluding carboxylic acids is 1. The normalized spacial score (nSPS) is 26.9. The third-order valence-electron chi connectivity index (χ3n) is 5.85. The van der Waals surface area contributed by atoms with E-state index in [9.17, 15) is 9.90 Å². The predicted octanol–water partition coefficient (Wildman–Crippen LogP) is 2.27. The van der Waals surface area contributed by atoms with Crippen molar-refractivity contribution in [3.05, 3.63) is 47.0 Å². The van der Waals surface area contributed by atoms with Crippen LogP contribution in [-0.4, -0.2) is 35.5 Å². The summed E-state index contributed by atoms with van der Waals surface area (Å²) in [6, 6.07) is 8.91. The first-order valence-electron chi connectivity index (χ1n) is 9.03. The van der Waals surface area contributed by atoms with Crippen LogP contribution in [0.5, 0.6) is 23.0 Å². The molecule has 0 aromatic heterocycles. The first-order chi connectivity index (χ1) is 13.2. The fraction of sp³-hybridized carbons (Fsp3) is 0.350. The minimum atomic E-state index is -0.744. The average Bonchev–Trinajstić information content (AvgIpc) is 3.40. The van der Waals surface area contributed by atoms with Gasteiger partial charge in [-0.05, 0) is 47.4 Å². The quantitative estimate of drug-likeness (QED) is 0.833. The number of fused-ring (bicyclic) bond motifs is 4. The van der Waals surface area contributed by atoms with Crippen LogP contribution in [0.15, 0.2) is 30.3 Å². The van der Waals surface area contributed by atoms with E-state index < -0.39 is 6.10 Å². The summed E-state index contributed by atoms with van der Waals surface area (Å²) in [6.45, 7) is 0.359. The molecule has 1 N–H and O–H groups in total. The molecule has 1 amide bonds. The summed E-state index contributed by atoms with van der Waals surface area (Å²) in [6.07, 6.45) is 0.324. The number of benzene rings is 2. The first kappa shape index (κ1) is 15.2. The van der Waals surface area contributed by atoms with Crippen molar-refractivity contribution in [2.75, 3.05) is 13.6 Å². The van der Waals surface area contributed by atoms with Gasteiger partial charge in [0.1, 0.15) is 0 Å². The number of nitrogens with zero attached hydrogens (tertiary/aromatic N) is 1. The van der Waals surface area contributed by atoms with Crippen LogP contribution in [0, 0.1) is 0 Å². The minimum Gasteiger partial charge on any atom is -0.454 e. The van der Waals surface area contributed by atoms with Gasteiger partial charge in [-0.1, -0.05) is 6.07 Å². The molecule has 27 heavy (non-hydrogen) atoms. The highest BCUT2D eigenvalue weighted by molar-refractivity contribution is 5.81. The van der Waals surface area contributed by atoms with Crippen molar-refractivity contribution >= 4 is 5.91 Å². The predicted molar refractivity (Wildman–Crippen MR) is 91.8 cm³/mol. The van der Waals surface area contributed by atoms with Gasteiger partial charge in [-0.25, -0.2) is 0 Å².